The maximum absolute atomic E-state index is 11.6. The highest BCUT2D eigenvalue weighted by Gasteiger charge is 2.10. The van der Waals surface area contributed by atoms with E-state index in [-0.39, 0.29) is 5.91 Å². The number of carbonyl (C=O) groups is 1. The Balaban J connectivity index is 2.48. The SMILES string of the molecule is CSCCN(C)C(=O)c1cccs1. The average Bonchev–Trinajstić information content (AvgIpc) is 2.65. The van der Waals surface area contributed by atoms with Crippen molar-refractivity contribution in [3.63, 3.8) is 0 Å². The van der Waals surface area contributed by atoms with Crippen LogP contribution in [0.25, 0.3) is 0 Å². The van der Waals surface area contributed by atoms with E-state index in [4.69, 9.17) is 0 Å². The summed E-state index contributed by atoms with van der Waals surface area (Å²) in [5.74, 6) is 1.12. The molecule has 0 N–H and O–H groups in total. The van der Waals surface area contributed by atoms with Gasteiger partial charge in [-0.05, 0) is 17.7 Å². The Morgan fingerprint density at radius 1 is 1.69 bits per heavy atom. The molecule has 0 bridgehead atoms. The Labute approximate surface area is 86.9 Å². The summed E-state index contributed by atoms with van der Waals surface area (Å²) in [7, 11) is 1.85. The van der Waals surface area contributed by atoms with Gasteiger partial charge in [0.2, 0.25) is 0 Å². The lowest BCUT2D eigenvalue weighted by molar-refractivity contribution is 0.0808. The first kappa shape index (κ1) is 10.6. The van der Waals surface area contributed by atoms with Crippen LogP contribution >= 0.6 is 23.1 Å². The molecule has 1 heterocycles. The Hall–Kier alpha value is -0.480. The predicted octanol–water partition coefficient (Wildman–Crippen LogP) is 2.18. The van der Waals surface area contributed by atoms with Gasteiger partial charge in [-0.2, -0.15) is 11.8 Å². The molecule has 2 nitrogen and oxygen atoms in total. The van der Waals surface area contributed by atoms with E-state index >= 15 is 0 Å². The molecular weight excluding hydrogens is 202 g/mol. The standard InChI is InChI=1S/C9H13NOS2/c1-10(5-7-12-2)9(11)8-4-3-6-13-8/h3-4,6H,5,7H2,1-2H3. The first-order chi connectivity index (χ1) is 6.25. The summed E-state index contributed by atoms with van der Waals surface area (Å²) in [6.07, 6.45) is 2.05. The molecule has 0 atom stereocenters. The van der Waals surface area contributed by atoms with Crippen molar-refractivity contribution >= 4 is 29.0 Å². The summed E-state index contributed by atoms with van der Waals surface area (Å²) < 4.78 is 0. The zero-order chi connectivity index (χ0) is 9.68. The van der Waals surface area contributed by atoms with Gasteiger partial charge in [0.15, 0.2) is 0 Å². The lowest BCUT2D eigenvalue weighted by Crippen LogP contribution is -2.28. The lowest BCUT2D eigenvalue weighted by Gasteiger charge is -2.14. The van der Waals surface area contributed by atoms with Gasteiger partial charge in [0.25, 0.3) is 5.91 Å². The van der Waals surface area contributed by atoms with Crippen LogP contribution in [-0.2, 0) is 0 Å². The van der Waals surface area contributed by atoms with Crippen LogP contribution < -0.4 is 0 Å². The highest BCUT2D eigenvalue weighted by atomic mass is 32.2. The van der Waals surface area contributed by atoms with E-state index in [0.717, 1.165) is 17.2 Å². The number of hydrogen-bond donors (Lipinski definition) is 0. The smallest absolute Gasteiger partial charge is 0.263 e. The highest BCUT2D eigenvalue weighted by molar-refractivity contribution is 7.98. The number of nitrogens with zero attached hydrogens (tertiary/aromatic N) is 1. The minimum atomic E-state index is 0.129. The van der Waals surface area contributed by atoms with E-state index in [9.17, 15) is 4.79 Å². The molecule has 0 spiro atoms. The third-order valence-electron chi connectivity index (χ3n) is 1.71. The number of thiophene rings is 1. The van der Waals surface area contributed by atoms with Crippen molar-refractivity contribution in [1.82, 2.24) is 4.90 Å². The average molecular weight is 215 g/mol. The molecule has 0 radical (unpaired) electrons. The van der Waals surface area contributed by atoms with Crippen molar-refractivity contribution in [3.05, 3.63) is 22.4 Å². The number of amides is 1. The highest BCUT2D eigenvalue weighted by Crippen LogP contribution is 2.11. The van der Waals surface area contributed by atoms with Crippen molar-refractivity contribution in [1.29, 1.82) is 0 Å². The summed E-state index contributed by atoms with van der Waals surface area (Å²) in [6.45, 7) is 0.817. The molecule has 1 aromatic rings. The molecule has 4 heteroatoms. The molecule has 0 aliphatic heterocycles. The first-order valence-electron chi connectivity index (χ1n) is 4.03. The summed E-state index contributed by atoms with van der Waals surface area (Å²) in [4.78, 5) is 14.2. The van der Waals surface area contributed by atoms with Crippen molar-refractivity contribution in [2.24, 2.45) is 0 Å². The van der Waals surface area contributed by atoms with Crippen LogP contribution in [0.4, 0.5) is 0 Å². The van der Waals surface area contributed by atoms with E-state index < -0.39 is 0 Å². The van der Waals surface area contributed by atoms with Gasteiger partial charge >= 0.3 is 0 Å². The van der Waals surface area contributed by atoms with Gasteiger partial charge in [-0.25, -0.2) is 0 Å². The third kappa shape index (κ3) is 3.04. The van der Waals surface area contributed by atoms with Gasteiger partial charge in [-0.15, -0.1) is 11.3 Å². The van der Waals surface area contributed by atoms with E-state index in [0.29, 0.717) is 0 Å². The van der Waals surface area contributed by atoms with Gasteiger partial charge in [-0.3, -0.25) is 4.79 Å². The second-order valence-corrected chi connectivity index (χ2v) is 4.63. The zero-order valence-corrected chi connectivity index (χ0v) is 9.45. The van der Waals surface area contributed by atoms with Gasteiger partial charge in [0.1, 0.15) is 0 Å². The van der Waals surface area contributed by atoms with Crippen LogP contribution in [-0.4, -0.2) is 36.4 Å². The molecule has 0 unspecified atom stereocenters. The number of thioether (sulfide) groups is 1. The maximum Gasteiger partial charge on any atom is 0.263 e. The Morgan fingerprint density at radius 3 is 3.00 bits per heavy atom. The Morgan fingerprint density at radius 2 is 2.46 bits per heavy atom. The van der Waals surface area contributed by atoms with Gasteiger partial charge in [0, 0.05) is 19.3 Å². The van der Waals surface area contributed by atoms with Crippen LogP contribution in [0, 0.1) is 0 Å². The van der Waals surface area contributed by atoms with Crippen LogP contribution in [0.1, 0.15) is 9.67 Å². The van der Waals surface area contributed by atoms with Crippen LogP contribution in [0.2, 0.25) is 0 Å². The zero-order valence-electron chi connectivity index (χ0n) is 7.82. The normalized spacial score (nSPS) is 10.0. The topological polar surface area (TPSA) is 20.3 Å². The molecule has 1 amide bonds. The molecule has 0 saturated heterocycles. The summed E-state index contributed by atoms with van der Waals surface area (Å²) in [5, 5.41) is 1.93. The van der Waals surface area contributed by atoms with Crippen molar-refractivity contribution in [2.75, 3.05) is 25.6 Å². The van der Waals surface area contributed by atoms with Gasteiger partial charge in [-0.1, -0.05) is 6.07 Å². The summed E-state index contributed by atoms with van der Waals surface area (Å²) >= 11 is 3.25. The van der Waals surface area contributed by atoms with E-state index in [2.05, 4.69) is 0 Å². The lowest BCUT2D eigenvalue weighted by atomic mass is 10.4. The maximum atomic E-state index is 11.6. The molecule has 0 aromatic carbocycles. The Kier molecular flexibility index (Phi) is 4.32. The second kappa shape index (κ2) is 5.29. The minimum Gasteiger partial charge on any atom is -0.340 e. The second-order valence-electron chi connectivity index (χ2n) is 2.70. The fourth-order valence-electron chi connectivity index (χ4n) is 0.918. The van der Waals surface area contributed by atoms with E-state index in [1.54, 1.807) is 16.7 Å². The largest absolute Gasteiger partial charge is 0.340 e. The number of rotatable bonds is 4. The van der Waals surface area contributed by atoms with Crippen LogP contribution in [0.5, 0.6) is 0 Å². The quantitative estimate of drug-likeness (QED) is 0.767. The van der Waals surface area contributed by atoms with E-state index in [1.807, 2.05) is 30.8 Å². The number of carbonyl (C=O) groups excluding carboxylic acids is 1. The van der Waals surface area contributed by atoms with Crippen molar-refractivity contribution in [3.8, 4) is 0 Å². The third-order valence-corrected chi connectivity index (χ3v) is 3.16. The molecule has 1 aromatic heterocycles. The molecule has 1 rings (SSSR count). The monoisotopic (exact) mass is 215 g/mol. The van der Waals surface area contributed by atoms with Crippen LogP contribution in [0.3, 0.4) is 0 Å². The molecule has 0 aliphatic rings. The molecular formula is C9H13NOS2. The molecule has 13 heavy (non-hydrogen) atoms. The summed E-state index contributed by atoms with van der Waals surface area (Å²) in [5.41, 5.74) is 0. The molecule has 0 aliphatic carbocycles. The van der Waals surface area contributed by atoms with Gasteiger partial charge < -0.3 is 4.90 Å². The first-order valence-corrected chi connectivity index (χ1v) is 6.31. The molecule has 0 saturated carbocycles. The van der Waals surface area contributed by atoms with E-state index in [1.165, 1.54) is 11.3 Å². The minimum absolute atomic E-state index is 0.129. The Bertz CT molecular complexity index is 259. The van der Waals surface area contributed by atoms with Crippen molar-refractivity contribution < 1.29 is 4.79 Å². The fourth-order valence-corrected chi connectivity index (χ4v) is 2.09. The van der Waals surface area contributed by atoms with Crippen molar-refractivity contribution in [2.45, 2.75) is 0 Å². The fraction of sp³-hybridized carbons (Fsp3) is 0.444. The predicted molar refractivity (Wildman–Crippen MR) is 59.7 cm³/mol. The number of hydrogen-bond acceptors (Lipinski definition) is 3. The van der Waals surface area contributed by atoms with Crippen LogP contribution in [0.15, 0.2) is 17.5 Å². The molecule has 0 fully saturated rings. The van der Waals surface area contributed by atoms with Gasteiger partial charge in [0.05, 0.1) is 4.88 Å². The molecule has 72 valence electrons. The summed E-state index contributed by atoms with van der Waals surface area (Å²) in [6, 6.07) is 3.77.